The number of likely N-dealkylation sites (N-methyl/N-ethyl adjacent to an activating group) is 1. The molecule has 0 N–H and O–H groups in total. The number of fused-ring (bicyclic) bond motifs is 1. The lowest BCUT2D eigenvalue weighted by Gasteiger charge is -2.38. The zero-order valence-corrected chi connectivity index (χ0v) is 17.5. The summed E-state index contributed by atoms with van der Waals surface area (Å²) in [6.07, 6.45) is 2.21. The number of amides is 2. The number of aromatic nitrogens is 2. The van der Waals surface area contributed by atoms with E-state index in [2.05, 4.69) is 4.98 Å². The highest BCUT2D eigenvalue weighted by atomic mass is 16.2. The third-order valence-corrected chi connectivity index (χ3v) is 5.75. The minimum atomic E-state index is -0.551. The summed E-state index contributed by atoms with van der Waals surface area (Å²) >= 11 is 0. The molecule has 3 aromatic rings. The van der Waals surface area contributed by atoms with Gasteiger partial charge < -0.3 is 14.4 Å². The van der Waals surface area contributed by atoms with E-state index in [0.717, 1.165) is 22.5 Å². The molecule has 2 amide bonds. The first-order valence-electron chi connectivity index (χ1n) is 10.1. The maximum Gasteiger partial charge on any atom is 0.245 e. The molecular weight excluding hydrogens is 376 g/mol. The minimum Gasteiger partial charge on any atom is -0.347 e. The molecule has 2 aromatic carbocycles. The molecule has 30 heavy (non-hydrogen) atoms. The first-order valence-corrected chi connectivity index (χ1v) is 10.1. The van der Waals surface area contributed by atoms with Gasteiger partial charge in [-0.15, -0.1) is 0 Å². The summed E-state index contributed by atoms with van der Waals surface area (Å²) in [5.74, 6) is -0.630. The maximum absolute atomic E-state index is 14.0. The normalized spacial score (nSPS) is 15.7. The van der Waals surface area contributed by atoms with Crippen molar-refractivity contribution in [1.29, 1.82) is 0 Å². The quantitative estimate of drug-likeness (QED) is 0.674. The number of benzene rings is 2. The maximum atomic E-state index is 14.0. The number of carbonyl (C=O) groups excluding carboxylic acids is 2. The predicted octanol–water partition coefficient (Wildman–Crippen LogP) is 2.59. The van der Waals surface area contributed by atoms with Gasteiger partial charge in [-0.05, 0) is 11.1 Å². The molecule has 0 radical (unpaired) electrons. The van der Waals surface area contributed by atoms with E-state index in [-0.39, 0.29) is 11.8 Å². The van der Waals surface area contributed by atoms with E-state index in [9.17, 15) is 9.59 Å². The van der Waals surface area contributed by atoms with E-state index < -0.39 is 12.0 Å². The third-order valence-electron chi connectivity index (χ3n) is 5.75. The van der Waals surface area contributed by atoms with Crippen molar-refractivity contribution in [3.63, 3.8) is 0 Å². The molecule has 1 atom stereocenters. The molecule has 0 saturated heterocycles. The van der Waals surface area contributed by atoms with Gasteiger partial charge in [0.2, 0.25) is 11.8 Å². The Morgan fingerprint density at radius 1 is 1.00 bits per heavy atom. The van der Waals surface area contributed by atoms with Crippen LogP contribution in [0.25, 0.3) is 0 Å². The predicted molar refractivity (Wildman–Crippen MR) is 115 cm³/mol. The van der Waals surface area contributed by atoms with Gasteiger partial charge in [-0.1, -0.05) is 60.7 Å². The molecule has 0 spiro atoms. The van der Waals surface area contributed by atoms with Crippen LogP contribution in [0.2, 0.25) is 0 Å². The first kappa shape index (κ1) is 19.9. The number of aryl methyl sites for hydroxylation is 1. The van der Waals surface area contributed by atoms with Crippen LogP contribution in [0.15, 0.2) is 67.0 Å². The summed E-state index contributed by atoms with van der Waals surface area (Å²) in [6, 6.07) is 19.0. The van der Waals surface area contributed by atoms with Gasteiger partial charge in [0.15, 0.2) is 0 Å². The van der Waals surface area contributed by atoms with E-state index >= 15 is 0 Å². The summed E-state index contributed by atoms with van der Waals surface area (Å²) in [4.78, 5) is 34.8. The molecule has 6 heteroatoms. The van der Waals surface area contributed by atoms with Crippen LogP contribution in [0.3, 0.4) is 0 Å². The van der Waals surface area contributed by atoms with Crippen LogP contribution < -0.4 is 0 Å². The molecule has 1 aliphatic heterocycles. The Morgan fingerprint density at radius 3 is 2.10 bits per heavy atom. The minimum absolute atomic E-state index is 0.0740. The fraction of sp³-hybridized carbons (Fsp3) is 0.292. The molecule has 0 bridgehead atoms. The third kappa shape index (κ3) is 3.61. The highest BCUT2D eigenvalue weighted by Gasteiger charge is 2.40. The van der Waals surface area contributed by atoms with Gasteiger partial charge in [0.25, 0.3) is 0 Å². The highest BCUT2D eigenvalue weighted by Crippen LogP contribution is 2.31. The Kier molecular flexibility index (Phi) is 5.40. The first-order chi connectivity index (χ1) is 14.5. The van der Waals surface area contributed by atoms with Gasteiger partial charge in [-0.2, -0.15) is 0 Å². The standard InChI is InChI=1S/C24H26N4O2/c1-26(2)23(29)21-14-20-19(25-16-27(20)3)15-28(21)24(30)22(17-10-6-4-7-11-17)18-12-8-5-9-13-18/h4-13,16,21-22H,14-15H2,1-3H3. The van der Waals surface area contributed by atoms with Crippen molar-refractivity contribution in [3.05, 3.63) is 89.5 Å². The van der Waals surface area contributed by atoms with Crippen LogP contribution in [-0.2, 0) is 29.6 Å². The molecule has 1 unspecified atom stereocenters. The molecule has 1 aliphatic rings. The van der Waals surface area contributed by atoms with Crippen molar-refractivity contribution in [1.82, 2.24) is 19.4 Å². The fourth-order valence-electron chi connectivity index (χ4n) is 4.15. The largest absolute Gasteiger partial charge is 0.347 e. The molecule has 0 aliphatic carbocycles. The monoisotopic (exact) mass is 402 g/mol. The van der Waals surface area contributed by atoms with Crippen molar-refractivity contribution < 1.29 is 9.59 Å². The topological polar surface area (TPSA) is 58.4 Å². The second kappa shape index (κ2) is 8.14. The molecule has 6 nitrogen and oxygen atoms in total. The lowest BCUT2D eigenvalue weighted by molar-refractivity contribution is -0.146. The van der Waals surface area contributed by atoms with Crippen molar-refractivity contribution in [3.8, 4) is 0 Å². The van der Waals surface area contributed by atoms with Crippen LogP contribution in [0.4, 0.5) is 0 Å². The zero-order chi connectivity index (χ0) is 21.3. The Hall–Kier alpha value is -3.41. The van der Waals surface area contributed by atoms with Crippen LogP contribution in [0, 0.1) is 0 Å². The second-order valence-corrected chi connectivity index (χ2v) is 7.92. The molecule has 1 aromatic heterocycles. The van der Waals surface area contributed by atoms with E-state index in [0.29, 0.717) is 13.0 Å². The molecular formula is C24H26N4O2. The fourth-order valence-corrected chi connectivity index (χ4v) is 4.15. The Bertz CT molecular complexity index is 1000. The molecule has 4 rings (SSSR count). The van der Waals surface area contributed by atoms with Gasteiger partial charge >= 0.3 is 0 Å². The molecule has 0 fully saturated rings. The number of nitrogens with zero attached hydrogens (tertiary/aromatic N) is 4. The zero-order valence-electron chi connectivity index (χ0n) is 17.5. The smallest absolute Gasteiger partial charge is 0.245 e. The number of hydrogen-bond donors (Lipinski definition) is 0. The summed E-state index contributed by atoms with van der Waals surface area (Å²) < 4.78 is 1.94. The van der Waals surface area contributed by atoms with Gasteiger partial charge in [0, 0.05) is 33.3 Å². The summed E-state index contributed by atoms with van der Waals surface area (Å²) in [7, 11) is 5.39. The van der Waals surface area contributed by atoms with E-state index in [1.54, 1.807) is 30.2 Å². The van der Waals surface area contributed by atoms with Crippen LogP contribution >= 0.6 is 0 Å². The average Bonchev–Trinajstić information content (AvgIpc) is 3.13. The summed E-state index contributed by atoms with van der Waals surface area (Å²) in [6.45, 7) is 0.329. The van der Waals surface area contributed by atoms with Crippen molar-refractivity contribution in [2.75, 3.05) is 14.1 Å². The number of hydrogen-bond acceptors (Lipinski definition) is 3. The number of rotatable bonds is 4. The Labute approximate surface area is 176 Å². The van der Waals surface area contributed by atoms with Crippen LogP contribution in [0.1, 0.15) is 28.4 Å². The molecule has 2 heterocycles. The van der Waals surface area contributed by atoms with Gasteiger partial charge in [-0.25, -0.2) is 4.98 Å². The van der Waals surface area contributed by atoms with Crippen LogP contribution in [-0.4, -0.2) is 51.3 Å². The van der Waals surface area contributed by atoms with Gasteiger partial charge in [0.1, 0.15) is 6.04 Å². The van der Waals surface area contributed by atoms with Gasteiger partial charge in [0.05, 0.1) is 24.5 Å². The lowest BCUT2D eigenvalue weighted by Crippen LogP contribution is -2.53. The lowest BCUT2D eigenvalue weighted by atomic mass is 9.88. The highest BCUT2D eigenvalue weighted by molar-refractivity contribution is 5.93. The molecule has 0 saturated carbocycles. The number of carbonyl (C=O) groups is 2. The van der Waals surface area contributed by atoms with Crippen molar-refractivity contribution in [2.24, 2.45) is 7.05 Å². The Balaban J connectivity index is 1.78. The molecule has 154 valence electrons. The number of imidazole rings is 1. The second-order valence-electron chi connectivity index (χ2n) is 7.92. The van der Waals surface area contributed by atoms with Crippen molar-refractivity contribution >= 4 is 11.8 Å². The van der Waals surface area contributed by atoms with E-state index in [1.165, 1.54) is 0 Å². The average molecular weight is 402 g/mol. The van der Waals surface area contributed by atoms with Crippen molar-refractivity contribution in [2.45, 2.75) is 24.9 Å². The summed E-state index contributed by atoms with van der Waals surface area (Å²) in [5, 5.41) is 0. The van der Waals surface area contributed by atoms with E-state index in [4.69, 9.17) is 0 Å². The Morgan fingerprint density at radius 2 is 1.57 bits per heavy atom. The van der Waals surface area contributed by atoms with Crippen LogP contribution in [0.5, 0.6) is 0 Å². The van der Waals surface area contributed by atoms with Gasteiger partial charge in [-0.3, -0.25) is 9.59 Å². The SMILES string of the molecule is CN(C)C(=O)C1Cc2c(ncn2C)CN1C(=O)C(c1ccccc1)c1ccccc1. The summed E-state index contributed by atoms with van der Waals surface area (Å²) in [5.41, 5.74) is 3.69. The van der Waals surface area contributed by atoms with E-state index in [1.807, 2.05) is 72.3 Å².